The third-order valence-electron chi connectivity index (χ3n) is 6.09. The molecule has 4 saturated carbocycles. The maximum Gasteiger partial charge on any atom is -0.00433 e. The molecular formula is C17H31N. The van der Waals surface area contributed by atoms with E-state index in [0.717, 1.165) is 30.2 Å². The zero-order valence-electron chi connectivity index (χ0n) is 12.5. The minimum absolute atomic E-state index is 0.438. The van der Waals surface area contributed by atoms with Gasteiger partial charge in [-0.2, -0.15) is 0 Å². The Hall–Kier alpha value is -0.0400. The van der Waals surface area contributed by atoms with Crippen LogP contribution in [0.25, 0.3) is 0 Å². The van der Waals surface area contributed by atoms with E-state index in [4.69, 9.17) is 5.73 Å². The lowest BCUT2D eigenvalue weighted by atomic mass is 9.45. The second kappa shape index (κ2) is 4.23. The van der Waals surface area contributed by atoms with Gasteiger partial charge in [-0.3, -0.25) is 0 Å². The van der Waals surface area contributed by atoms with Gasteiger partial charge in [0.15, 0.2) is 0 Å². The van der Waals surface area contributed by atoms with Gasteiger partial charge in [0.2, 0.25) is 0 Å². The summed E-state index contributed by atoms with van der Waals surface area (Å²) in [4.78, 5) is 0. The van der Waals surface area contributed by atoms with Gasteiger partial charge in [-0.1, -0.05) is 20.8 Å². The zero-order valence-corrected chi connectivity index (χ0v) is 12.5. The van der Waals surface area contributed by atoms with E-state index in [1.54, 1.807) is 19.3 Å². The standard InChI is InChI=1S/C17H31N/c1-16(2,3)10-15(11-18)17-7-12-4-13(8-17)6-14(5-12)9-17/h12-15H,4-11,18H2,1-3H3. The molecule has 0 aromatic carbocycles. The Morgan fingerprint density at radius 2 is 1.44 bits per heavy atom. The summed E-state index contributed by atoms with van der Waals surface area (Å²) >= 11 is 0. The van der Waals surface area contributed by atoms with Crippen LogP contribution >= 0.6 is 0 Å². The van der Waals surface area contributed by atoms with E-state index in [1.165, 1.54) is 25.7 Å². The molecule has 4 aliphatic rings. The molecule has 1 nitrogen and oxygen atoms in total. The molecule has 0 amide bonds. The summed E-state index contributed by atoms with van der Waals surface area (Å²) in [6, 6.07) is 0. The number of nitrogens with two attached hydrogens (primary N) is 1. The van der Waals surface area contributed by atoms with Crippen molar-refractivity contribution in [3.05, 3.63) is 0 Å². The third-order valence-corrected chi connectivity index (χ3v) is 6.09. The van der Waals surface area contributed by atoms with E-state index in [9.17, 15) is 0 Å². The molecular weight excluding hydrogens is 218 g/mol. The summed E-state index contributed by atoms with van der Waals surface area (Å²) in [7, 11) is 0. The SMILES string of the molecule is CC(C)(C)CC(CN)C12CC3CC(CC(C3)C1)C2. The Morgan fingerprint density at radius 1 is 1.00 bits per heavy atom. The summed E-state index contributed by atoms with van der Waals surface area (Å²) in [5.74, 6) is 3.96. The molecule has 4 rings (SSSR count). The predicted molar refractivity (Wildman–Crippen MR) is 77.2 cm³/mol. The lowest BCUT2D eigenvalue weighted by Gasteiger charge is -2.60. The molecule has 1 atom stereocenters. The van der Waals surface area contributed by atoms with Gasteiger partial charge < -0.3 is 5.73 Å². The Bertz CT molecular complexity index is 277. The Kier molecular flexibility index (Phi) is 3.05. The summed E-state index contributed by atoms with van der Waals surface area (Å²) in [5, 5.41) is 0. The molecule has 4 bridgehead atoms. The smallest absolute Gasteiger partial charge is 0.00433 e. The predicted octanol–water partition coefficient (Wildman–Crippen LogP) is 4.21. The van der Waals surface area contributed by atoms with E-state index < -0.39 is 0 Å². The van der Waals surface area contributed by atoms with E-state index >= 15 is 0 Å². The molecule has 1 unspecified atom stereocenters. The van der Waals surface area contributed by atoms with Crippen LogP contribution in [0.15, 0.2) is 0 Å². The summed E-state index contributed by atoms with van der Waals surface area (Å²) < 4.78 is 0. The topological polar surface area (TPSA) is 26.0 Å². The van der Waals surface area contributed by atoms with Crippen LogP contribution in [0.4, 0.5) is 0 Å². The first-order valence-corrected chi connectivity index (χ1v) is 8.10. The van der Waals surface area contributed by atoms with E-state index in [2.05, 4.69) is 20.8 Å². The second-order valence-corrected chi connectivity index (χ2v) is 8.98. The molecule has 1 heteroatoms. The molecule has 0 aromatic rings. The van der Waals surface area contributed by atoms with Crippen LogP contribution < -0.4 is 5.73 Å². The number of rotatable bonds is 3. The fraction of sp³-hybridized carbons (Fsp3) is 1.00. The van der Waals surface area contributed by atoms with Crippen LogP contribution in [0.2, 0.25) is 0 Å². The average Bonchev–Trinajstić information content (AvgIpc) is 2.22. The molecule has 0 spiro atoms. The normalized spacial score (nSPS) is 44.3. The number of hydrogen-bond donors (Lipinski definition) is 1. The molecule has 18 heavy (non-hydrogen) atoms. The molecule has 4 fully saturated rings. The van der Waals surface area contributed by atoms with Gasteiger partial charge in [0.25, 0.3) is 0 Å². The minimum atomic E-state index is 0.438. The van der Waals surface area contributed by atoms with Crippen LogP contribution in [0.1, 0.15) is 65.7 Å². The fourth-order valence-corrected chi connectivity index (χ4v) is 5.97. The summed E-state index contributed by atoms with van der Waals surface area (Å²) in [6.45, 7) is 8.08. The Labute approximate surface area is 113 Å². The van der Waals surface area contributed by atoms with Crippen LogP contribution in [0.3, 0.4) is 0 Å². The third kappa shape index (κ3) is 2.24. The van der Waals surface area contributed by atoms with Gasteiger partial charge in [-0.25, -0.2) is 0 Å². The lowest BCUT2D eigenvalue weighted by Crippen LogP contribution is -2.51. The van der Waals surface area contributed by atoms with Crippen LogP contribution in [-0.2, 0) is 0 Å². The zero-order chi connectivity index (χ0) is 13.0. The second-order valence-electron chi connectivity index (χ2n) is 8.98. The van der Waals surface area contributed by atoms with Crippen LogP contribution in [0, 0.1) is 34.5 Å². The molecule has 0 heterocycles. The van der Waals surface area contributed by atoms with Crippen molar-refractivity contribution in [3.8, 4) is 0 Å². The van der Waals surface area contributed by atoms with Gasteiger partial charge >= 0.3 is 0 Å². The first-order chi connectivity index (χ1) is 8.40. The molecule has 0 aliphatic heterocycles. The highest BCUT2D eigenvalue weighted by Gasteiger charge is 2.53. The fourth-order valence-electron chi connectivity index (χ4n) is 5.97. The van der Waals surface area contributed by atoms with Crippen molar-refractivity contribution in [2.45, 2.75) is 65.7 Å². The van der Waals surface area contributed by atoms with Gasteiger partial charge in [0, 0.05) is 0 Å². The van der Waals surface area contributed by atoms with E-state index in [1.807, 2.05) is 0 Å². The first-order valence-electron chi connectivity index (χ1n) is 8.10. The van der Waals surface area contributed by atoms with Gasteiger partial charge in [0.05, 0.1) is 0 Å². The van der Waals surface area contributed by atoms with Gasteiger partial charge in [-0.05, 0) is 86.0 Å². The Morgan fingerprint density at radius 3 is 1.78 bits per heavy atom. The monoisotopic (exact) mass is 249 g/mol. The highest BCUT2D eigenvalue weighted by Crippen LogP contribution is 2.63. The highest BCUT2D eigenvalue weighted by atomic mass is 14.6. The maximum absolute atomic E-state index is 6.20. The van der Waals surface area contributed by atoms with Gasteiger partial charge in [0.1, 0.15) is 0 Å². The number of hydrogen-bond acceptors (Lipinski definition) is 1. The summed E-state index contributed by atoms with van der Waals surface area (Å²) in [5.41, 5.74) is 7.29. The van der Waals surface area contributed by atoms with Crippen molar-refractivity contribution >= 4 is 0 Å². The first kappa shape index (κ1) is 13.0. The van der Waals surface area contributed by atoms with Crippen molar-refractivity contribution in [2.24, 2.45) is 40.2 Å². The van der Waals surface area contributed by atoms with Crippen molar-refractivity contribution in [1.29, 1.82) is 0 Å². The van der Waals surface area contributed by atoms with Crippen LogP contribution in [0.5, 0.6) is 0 Å². The molecule has 104 valence electrons. The molecule has 0 saturated heterocycles. The van der Waals surface area contributed by atoms with Crippen molar-refractivity contribution in [3.63, 3.8) is 0 Å². The lowest BCUT2D eigenvalue weighted by molar-refractivity contribution is -0.0925. The maximum atomic E-state index is 6.20. The Balaban J connectivity index is 1.80. The summed E-state index contributed by atoms with van der Waals surface area (Å²) in [6.07, 6.45) is 10.5. The average molecular weight is 249 g/mol. The van der Waals surface area contributed by atoms with Gasteiger partial charge in [-0.15, -0.1) is 0 Å². The highest BCUT2D eigenvalue weighted by molar-refractivity contribution is 5.04. The molecule has 0 radical (unpaired) electrons. The molecule has 2 N–H and O–H groups in total. The largest absolute Gasteiger partial charge is 0.330 e. The molecule has 4 aliphatic carbocycles. The molecule has 0 aromatic heterocycles. The van der Waals surface area contributed by atoms with Crippen molar-refractivity contribution in [1.82, 2.24) is 0 Å². The minimum Gasteiger partial charge on any atom is -0.330 e. The van der Waals surface area contributed by atoms with E-state index in [-0.39, 0.29) is 0 Å². The van der Waals surface area contributed by atoms with Crippen molar-refractivity contribution in [2.75, 3.05) is 6.54 Å². The van der Waals surface area contributed by atoms with Crippen LogP contribution in [-0.4, -0.2) is 6.54 Å². The van der Waals surface area contributed by atoms with Crippen molar-refractivity contribution < 1.29 is 0 Å². The van der Waals surface area contributed by atoms with E-state index in [0.29, 0.717) is 10.8 Å². The quantitative estimate of drug-likeness (QED) is 0.796.